The molecule has 2 rings (SSSR count). The number of rotatable bonds is 2. The first-order valence-electron chi connectivity index (χ1n) is 6.37. The molecular weight excluding hydrogens is 210 g/mol. The molecule has 1 heterocycles. The summed E-state index contributed by atoms with van der Waals surface area (Å²) in [4.78, 5) is 0. The molecule has 1 aliphatic rings. The van der Waals surface area contributed by atoms with Crippen LogP contribution < -0.4 is 10.1 Å². The van der Waals surface area contributed by atoms with Crippen LogP contribution in [0.1, 0.15) is 40.5 Å². The molecule has 0 amide bonds. The SMILES string of the molecule is CC1(C)CC(Oc2ccccc2)CC(C)(C)N1. The third-order valence-electron chi connectivity index (χ3n) is 3.20. The summed E-state index contributed by atoms with van der Waals surface area (Å²) in [6.07, 6.45) is 2.39. The van der Waals surface area contributed by atoms with E-state index in [1.165, 1.54) is 0 Å². The zero-order valence-electron chi connectivity index (χ0n) is 11.3. The van der Waals surface area contributed by atoms with Crippen molar-refractivity contribution in [3.8, 4) is 5.75 Å². The van der Waals surface area contributed by atoms with Crippen LogP contribution >= 0.6 is 0 Å². The zero-order chi connectivity index (χ0) is 12.5. The van der Waals surface area contributed by atoms with Gasteiger partial charge in [0.25, 0.3) is 0 Å². The first-order valence-corrected chi connectivity index (χ1v) is 6.37. The first kappa shape index (κ1) is 12.4. The van der Waals surface area contributed by atoms with Crippen molar-refractivity contribution in [2.24, 2.45) is 0 Å². The van der Waals surface area contributed by atoms with E-state index >= 15 is 0 Å². The van der Waals surface area contributed by atoms with Crippen molar-refractivity contribution in [2.75, 3.05) is 0 Å². The number of nitrogens with one attached hydrogen (secondary N) is 1. The summed E-state index contributed by atoms with van der Waals surface area (Å²) >= 11 is 0. The summed E-state index contributed by atoms with van der Waals surface area (Å²) in [5, 5.41) is 3.67. The Labute approximate surface area is 104 Å². The van der Waals surface area contributed by atoms with Crippen LogP contribution in [0.15, 0.2) is 30.3 Å². The Morgan fingerprint density at radius 1 is 1.00 bits per heavy atom. The van der Waals surface area contributed by atoms with Gasteiger partial charge in [0.15, 0.2) is 0 Å². The molecule has 2 heteroatoms. The number of para-hydroxylation sites is 1. The second-order valence-corrected chi connectivity index (χ2v) is 6.35. The van der Waals surface area contributed by atoms with Crippen LogP contribution in [0.25, 0.3) is 0 Å². The van der Waals surface area contributed by atoms with Gasteiger partial charge in [-0.25, -0.2) is 0 Å². The molecule has 0 radical (unpaired) electrons. The lowest BCUT2D eigenvalue weighted by molar-refractivity contribution is 0.0559. The van der Waals surface area contributed by atoms with Crippen LogP contribution in [-0.4, -0.2) is 17.2 Å². The van der Waals surface area contributed by atoms with E-state index in [0.29, 0.717) is 6.10 Å². The van der Waals surface area contributed by atoms with Gasteiger partial charge in [0.05, 0.1) is 0 Å². The van der Waals surface area contributed by atoms with Crippen molar-refractivity contribution in [1.82, 2.24) is 5.32 Å². The molecule has 1 aromatic rings. The van der Waals surface area contributed by atoms with Crippen molar-refractivity contribution in [3.63, 3.8) is 0 Å². The molecule has 1 aliphatic heterocycles. The Kier molecular flexibility index (Phi) is 3.17. The second kappa shape index (κ2) is 4.34. The lowest BCUT2D eigenvalue weighted by atomic mass is 9.81. The topological polar surface area (TPSA) is 21.3 Å². The molecule has 0 unspecified atom stereocenters. The molecule has 0 atom stereocenters. The smallest absolute Gasteiger partial charge is 0.119 e. The number of benzene rings is 1. The Bertz CT molecular complexity index is 354. The fourth-order valence-electron chi connectivity index (χ4n) is 3.00. The molecule has 1 fully saturated rings. The summed E-state index contributed by atoms with van der Waals surface area (Å²) in [6.45, 7) is 8.98. The van der Waals surface area contributed by atoms with Gasteiger partial charge in [0.2, 0.25) is 0 Å². The van der Waals surface area contributed by atoms with Crippen LogP contribution in [0.5, 0.6) is 5.75 Å². The predicted molar refractivity (Wildman–Crippen MR) is 71.4 cm³/mol. The summed E-state index contributed by atoms with van der Waals surface area (Å²) in [5.41, 5.74) is 0.280. The molecule has 1 N–H and O–H groups in total. The summed E-state index contributed by atoms with van der Waals surface area (Å²) in [6, 6.07) is 10.1. The average Bonchev–Trinajstić information content (AvgIpc) is 2.13. The van der Waals surface area contributed by atoms with Crippen LogP contribution in [0.4, 0.5) is 0 Å². The normalized spacial score (nSPS) is 23.3. The van der Waals surface area contributed by atoms with Gasteiger partial charge in [-0.1, -0.05) is 18.2 Å². The summed E-state index contributed by atoms with van der Waals surface area (Å²) in [5.74, 6) is 0.978. The maximum Gasteiger partial charge on any atom is 0.119 e. The Balaban J connectivity index is 2.06. The van der Waals surface area contributed by atoms with Gasteiger partial charge in [0.1, 0.15) is 11.9 Å². The van der Waals surface area contributed by atoms with Gasteiger partial charge in [-0.2, -0.15) is 0 Å². The summed E-state index contributed by atoms with van der Waals surface area (Å²) < 4.78 is 6.09. The van der Waals surface area contributed by atoms with E-state index in [4.69, 9.17) is 4.74 Å². The Morgan fingerprint density at radius 3 is 2.06 bits per heavy atom. The lowest BCUT2D eigenvalue weighted by Gasteiger charge is -2.46. The van der Waals surface area contributed by atoms with Crippen LogP contribution in [-0.2, 0) is 0 Å². The quantitative estimate of drug-likeness (QED) is 0.845. The molecule has 0 aromatic heterocycles. The van der Waals surface area contributed by atoms with Crippen LogP contribution in [0, 0.1) is 0 Å². The number of piperidine rings is 1. The van der Waals surface area contributed by atoms with E-state index < -0.39 is 0 Å². The largest absolute Gasteiger partial charge is 0.490 e. The van der Waals surface area contributed by atoms with Crippen molar-refractivity contribution < 1.29 is 4.74 Å². The molecule has 0 bridgehead atoms. The van der Waals surface area contributed by atoms with Crippen molar-refractivity contribution in [2.45, 2.75) is 57.7 Å². The van der Waals surface area contributed by atoms with Gasteiger partial charge >= 0.3 is 0 Å². The third kappa shape index (κ3) is 3.47. The van der Waals surface area contributed by atoms with Crippen molar-refractivity contribution in [3.05, 3.63) is 30.3 Å². The number of ether oxygens (including phenoxy) is 1. The van der Waals surface area contributed by atoms with E-state index in [1.807, 2.05) is 30.3 Å². The van der Waals surface area contributed by atoms with Gasteiger partial charge in [0, 0.05) is 23.9 Å². The lowest BCUT2D eigenvalue weighted by Crippen LogP contribution is -2.60. The molecule has 1 aromatic carbocycles. The number of hydrogen-bond acceptors (Lipinski definition) is 2. The van der Waals surface area contributed by atoms with E-state index in [0.717, 1.165) is 18.6 Å². The molecule has 2 nitrogen and oxygen atoms in total. The van der Waals surface area contributed by atoms with Gasteiger partial charge in [-0.15, -0.1) is 0 Å². The standard InChI is InChI=1S/C15H23NO/c1-14(2)10-13(11-15(3,4)16-14)17-12-8-6-5-7-9-12/h5-9,13,16H,10-11H2,1-4H3. The average molecular weight is 233 g/mol. The first-order chi connectivity index (χ1) is 7.86. The van der Waals surface area contributed by atoms with Gasteiger partial charge < -0.3 is 10.1 Å². The van der Waals surface area contributed by atoms with E-state index in [1.54, 1.807) is 0 Å². The molecule has 0 saturated carbocycles. The molecule has 0 aliphatic carbocycles. The molecule has 0 spiro atoms. The Morgan fingerprint density at radius 2 is 1.53 bits per heavy atom. The molecular formula is C15H23NO. The predicted octanol–water partition coefficient (Wildman–Crippen LogP) is 3.37. The minimum absolute atomic E-state index is 0.140. The van der Waals surface area contributed by atoms with Crippen molar-refractivity contribution >= 4 is 0 Å². The minimum atomic E-state index is 0.140. The van der Waals surface area contributed by atoms with E-state index in [2.05, 4.69) is 33.0 Å². The highest BCUT2D eigenvalue weighted by Gasteiger charge is 2.38. The monoisotopic (exact) mass is 233 g/mol. The molecule has 17 heavy (non-hydrogen) atoms. The number of hydrogen-bond donors (Lipinski definition) is 1. The maximum absolute atomic E-state index is 6.09. The van der Waals surface area contributed by atoms with Gasteiger partial charge in [-0.3, -0.25) is 0 Å². The van der Waals surface area contributed by atoms with Crippen molar-refractivity contribution in [1.29, 1.82) is 0 Å². The highest BCUT2D eigenvalue weighted by molar-refractivity contribution is 5.21. The fourth-order valence-corrected chi connectivity index (χ4v) is 3.00. The van der Waals surface area contributed by atoms with Crippen LogP contribution in [0.3, 0.4) is 0 Å². The highest BCUT2D eigenvalue weighted by atomic mass is 16.5. The fraction of sp³-hybridized carbons (Fsp3) is 0.600. The Hall–Kier alpha value is -1.02. The van der Waals surface area contributed by atoms with E-state index in [-0.39, 0.29) is 11.1 Å². The summed E-state index contributed by atoms with van der Waals surface area (Å²) in [7, 11) is 0. The van der Waals surface area contributed by atoms with Gasteiger partial charge in [-0.05, 0) is 39.8 Å². The third-order valence-corrected chi connectivity index (χ3v) is 3.20. The highest BCUT2D eigenvalue weighted by Crippen LogP contribution is 2.31. The second-order valence-electron chi connectivity index (χ2n) is 6.35. The zero-order valence-corrected chi connectivity index (χ0v) is 11.3. The molecule has 94 valence electrons. The van der Waals surface area contributed by atoms with E-state index in [9.17, 15) is 0 Å². The molecule has 1 saturated heterocycles. The maximum atomic E-state index is 6.09. The minimum Gasteiger partial charge on any atom is -0.490 e. The van der Waals surface area contributed by atoms with Crippen LogP contribution in [0.2, 0.25) is 0 Å².